The third-order valence-electron chi connectivity index (χ3n) is 3.04. The number of ether oxygens (including phenoxy) is 1. The molecule has 1 aliphatic heterocycles. The molecule has 1 heterocycles. The van der Waals surface area contributed by atoms with E-state index in [0.29, 0.717) is 12.2 Å². The highest BCUT2D eigenvalue weighted by molar-refractivity contribution is 5.98. The molecule has 1 aromatic rings. The van der Waals surface area contributed by atoms with E-state index in [0.717, 1.165) is 30.6 Å². The molecule has 5 nitrogen and oxygen atoms in total. The van der Waals surface area contributed by atoms with Gasteiger partial charge in [0, 0.05) is 17.8 Å². The zero-order chi connectivity index (χ0) is 13.7. The summed E-state index contributed by atoms with van der Waals surface area (Å²) in [5.74, 6) is -0.646. The molecular formula is C14H19ClN2O3. The van der Waals surface area contributed by atoms with Crippen LogP contribution in [0.25, 0.3) is 0 Å². The van der Waals surface area contributed by atoms with Crippen molar-refractivity contribution in [2.45, 2.75) is 19.8 Å². The van der Waals surface area contributed by atoms with E-state index in [2.05, 4.69) is 10.6 Å². The number of hydrogen-bond donors (Lipinski definition) is 2. The Balaban J connectivity index is 0.00000200. The van der Waals surface area contributed by atoms with Crippen molar-refractivity contribution in [3.8, 4) is 0 Å². The molecule has 0 saturated carbocycles. The van der Waals surface area contributed by atoms with Crippen LogP contribution in [0, 0.1) is 0 Å². The smallest absolute Gasteiger partial charge is 0.325 e. The number of nitrogens with one attached hydrogen (secondary N) is 2. The Bertz CT molecular complexity index is 491. The zero-order valence-corrected chi connectivity index (χ0v) is 12.2. The largest absolute Gasteiger partial charge is 0.465 e. The zero-order valence-electron chi connectivity index (χ0n) is 11.4. The fraction of sp³-hybridized carbons (Fsp3) is 0.429. The number of esters is 1. The molecule has 0 radical (unpaired) electrons. The molecule has 110 valence electrons. The van der Waals surface area contributed by atoms with Gasteiger partial charge in [-0.25, -0.2) is 0 Å². The average Bonchev–Trinajstić information content (AvgIpc) is 2.44. The van der Waals surface area contributed by atoms with Gasteiger partial charge in [-0.2, -0.15) is 0 Å². The van der Waals surface area contributed by atoms with Crippen LogP contribution in [0.5, 0.6) is 0 Å². The summed E-state index contributed by atoms with van der Waals surface area (Å²) in [7, 11) is 0. The van der Waals surface area contributed by atoms with E-state index in [4.69, 9.17) is 4.74 Å². The Morgan fingerprint density at radius 1 is 1.40 bits per heavy atom. The van der Waals surface area contributed by atoms with Crippen LogP contribution in [-0.2, 0) is 16.0 Å². The molecule has 6 heteroatoms. The molecule has 0 aromatic heterocycles. The van der Waals surface area contributed by atoms with Gasteiger partial charge in [0.05, 0.1) is 6.61 Å². The van der Waals surface area contributed by atoms with Crippen LogP contribution < -0.4 is 10.6 Å². The Morgan fingerprint density at radius 2 is 2.20 bits per heavy atom. The molecule has 0 aliphatic carbocycles. The Morgan fingerprint density at radius 3 is 2.95 bits per heavy atom. The summed E-state index contributed by atoms with van der Waals surface area (Å²) in [6.07, 6.45) is 1.89. The Kier molecular flexibility index (Phi) is 6.31. The summed E-state index contributed by atoms with van der Waals surface area (Å²) in [4.78, 5) is 23.3. The lowest BCUT2D eigenvalue weighted by atomic mass is 9.97. The van der Waals surface area contributed by atoms with E-state index in [1.807, 2.05) is 12.1 Å². The predicted octanol–water partition coefficient (Wildman–Crippen LogP) is 1.76. The fourth-order valence-corrected chi connectivity index (χ4v) is 2.18. The molecular weight excluding hydrogens is 280 g/mol. The van der Waals surface area contributed by atoms with Crippen molar-refractivity contribution >= 4 is 30.0 Å². The molecule has 1 aliphatic rings. The molecule has 2 N–H and O–H groups in total. The summed E-state index contributed by atoms with van der Waals surface area (Å²) >= 11 is 0. The standard InChI is InChI=1S/C14H18N2O3.ClH/c1-2-19-13(17)9-16-14(18)11-5-3-7-12-10(11)6-4-8-15-12;/h3,5,7,15H,2,4,6,8-9H2,1H3,(H,16,18);1H. The first-order valence-electron chi connectivity index (χ1n) is 6.52. The normalized spacial score (nSPS) is 12.4. The number of halogens is 1. The molecule has 0 atom stereocenters. The minimum absolute atomic E-state index is 0. The molecule has 1 aromatic carbocycles. The molecule has 0 bridgehead atoms. The van der Waals surface area contributed by atoms with E-state index in [9.17, 15) is 9.59 Å². The van der Waals surface area contributed by atoms with Gasteiger partial charge in [0.25, 0.3) is 5.91 Å². The Labute approximate surface area is 124 Å². The van der Waals surface area contributed by atoms with E-state index in [1.54, 1.807) is 13.0 Å². The first kappa shape index (κ1) is 16.3. The van der Waals surface area contributed by atoms with E-state index in [-0.39, 0.29) is 24.9 Å². The minimum atomic E-state index is -0.418. The third kappa shape index (κ3) is 3.87. The summed E-state index contributed by atoms with van der Waals surface area (Å²) < 4.78 is 4.77. The molecule has 2 rings (SSSR count). The number of hydrogen-bond acceptors (Lipinski definition) is 4. The van der Waals surface area contributed by atoms with Crippen LogP contribution in [0.1, 0.15) is 29.3 Å². The summed E-state index contributed by atoms with van der Waals surface area (Å²) in [6, 6.07) is 5.60. The van der Waals surface area contributed by atoms with Gasteiger partial charge in [-0.3, -0.25) is 9.59 Å². The number of benzene rings is 1. The highest BCUT2D eigenvalue weighted by Gasteiger charge is 2.17. The number of carbonyl (C=O) groups is 2. The highest BCUT2D eigenvalue weighted by atomic mass is 35.5. The van der Waals surface area contributed by atoms with Crippen LogP contribution in [-0.4, -0.2) is 31.6 Å². The monoisotopic (exact) mass is 298 g/mol. The van der Waals surface area contributed by atoms with E-state index >= 15 is 0 Å². The Hall–Kier alpha value is -1.75. The van der Waals surface area contributed by atoms with Crippen molar-refractivity contribution in [2.24, 2.45) is 0 Å². The van der Waals surface area contributed by atoms with Gasteiger partial charge in [-0.1, -0.05) is 6.07 Å². The van der Waals surface area contributed by atoms with Crippen LogP contribution in [0.2, 0.25) is 0 Å². The van der Waals surface area contributed by atoms with Crippen molar-refractivity contribution in [3.05, 3.63) is 29.3 Å². The summed E-state index contributed by atoms with van der Waals surface area (Å²) in [5.41, 5.74) is 2.67. The van der Waals surface area contributed by atoms with Crippen LogP contribution in [0.15, 0.2) is 18.2 Å². The van der Waals surface area contributed by atoms with Crippen molar-refractivity contribution < 1.29 is 14.3 Å². The molecule has 0 spiro atoms. The molecule has 0 saturated heterocycles. The van der Waals surface area contributed by atoms with Crippen molar-refractivity contribution in [3.63, 3.8) is 0 Å². The first-order chi connectivity index (χ1) is 9.22. The quantitative estimate of drug-likeness (QED) is 0.831. The molecule has 20 heavy (non-hydrogen) atoms. The van der Waals surface area contributed by atoms with Gasteiger partial charge in [-0.15, -0.1) is 12.4 Å². The van der Waals surface area contributed by atoms with Crippen LogP contribution in [0.4, 0.5) is 5.69 Å². The van der Waals surface area contributed by atoms with E-state index in [1.165, 1.54) is 0 Å². The van der Waals surface area contributed by atoms with Gasteiger partial charge in [0.15, 0.2) is 0 Å². The second kappa shape index (κ2) is 7.75. The van der Waals surface area contributed by atoms with Gasteiger partial charge < -0.3 is 15.4 Å². The number of fused-ring (bicyclic) bond motifs is 1. The lowest BCUT2D eigenvalue weighted by Gasteiger charge is -2.20. The molecule has 0 fully saturated rings. The maximum Gasteiger partial charge on any atom is 0.325 e. The SMILES string of the molecule is CCOC(=O)CNC(=O)c1cccc2c1CCCN2.Cl. The molecule has 0 unspecified atom stereocenters. The maximum atomic E-state index is 12.1. The van der Waals surface area contributed by atoms with Crippen molar-refractivity contribution in [1.29, 1.82) is 0 Å². The predicted molar refractivity (Wildman–Crippen MR) is 79.5 cm³/mol. The second-order valence-electron chi connectivity index (χ2n) is 4.35. The van der Waals surface area contributed by atoms with Gasteiger partial charge in [0.1, 0.15) is 6.54 Å². The summed E-state index contributed by atoms with van der Waals surface area (Å²) in [5, 5.41) is 5.86. The van der Waals surface area contributed by atoms with Crippen LogP contribution in [0.3, 0.4) is 0 Å². The maximum absolute atomic E-state index is 12.1. The number of rotatable bonds is 4. The van der Waals surface area contributed by atoms with Crippen molar-refractivity contribution in [1.82, 2.24) is 5.32 Å². The third-order valence-corrected chi connectivity index (χ3v) is 3.04. The van der Waals surface area contributed by atoms with Gasteiger partial charge in [-0.05, 0) is 37.5 Å². The van der Waals surface area contributed by atoms with Gasteiger partial charge in [0.2, 0.25) is 0 Å². The van der Waals surface area contributed by atoms with Crippen LogP contribution >= 0.6 is 12.4 Å². The number of carbonyl (C=O) groups excluding carboxylic acids is 2. The number of amides is 1. The lowest BCUT2D eigenvalue weighted by molar-refractivity contribution is -0.141. The van der Waals surface area contributed by atoms with E-state index < -0.39 is 5.97 Å². The topological polar surface area (TPSA) is 67.4 Å². The second-order valence-corrected chi connectivity index (χ2v) is 4.35. The average molecular weight is 299 g/mol. The highest BCUT2D eigenvalue weighted by Crippen LogP contribution is 2.25. The molecule has 1 amide bonds. The number of anilines is 1. The lowest BCUT2D eigenvalue weighted by Crippen LogP contribution is -2.31. The first-order valence-corrected chi connectivity index (χ1v) is 6.52. The summed E-state index contributed by atoms with van der Waals surface area (Å²) in [6.45, 7) is 2.89. The van der Waals surface area contributed by atoms with Gasteiger partial charge >= 0.3 is 5.97 Å². The fourth-order valence-electron chi connectivity index (χ4n) is 2.18. The minimum Gasteiger partial charge on any atom is -0.465 e. The van der Waals surface area contributed by atoms with Crippen molar-refractivity contribution in [2.75, 3.05) is 25.0 Å².